The van der Waals surface area contributed by atoms with Crippen LogP contribution >= 0.6 is 15.9 Å². The first-order valence-electron chi connectivity index (χ1n) is 7.55. The Morgan fingerprint density at radius 1 is 1.24 bits per heavy atom. The molecule has 3 rings (SSSR count). The van der Waals surface area contributed by atoms with Crippen LogP contribution in [0.3, 0.4) is 0 Å². The highest BCUT2D eigenvalue weighted by molar-refractivity contribution is 9.10. The van der Waals surface area contributed by atoms with Crippen LogP contribution in [0.15, 0.2) is 46.9 Å². The van der Waals surface area contributed by atoms with Crippen LogP contribution in [0.4, 0.5) is 11.4 Å². The highest BCUT2D eigenvalue weighted by Gasteiger charge is 2.35. The van der Waals surface area contributed by atoms with Crippen molar-refractivity contribution in [3.8, 4) is 5.75 Å². The molecule has 6 nitrogen and oxygen atoms in total. The first kappa shape index (κ1) is 17.8. The highest BCUT2D eigenvalue weighted by atomic mass is 79.9. The van der Waals surface area contributed by atoms with Gasteiger partial charge in [0.2, 0.25) is 10.0 Å². The van der Waals surface area contributed by atoms with E-state index in [0.717, 1.165) is 16.3 Å². The molecule has 0 aromatic heterocycles. The van der Waals surface area contributed by atoms with Gasteiger partial charge in [-0.2, -0.15) is 0 Å². The van der Waals surface area contributed by atoms with Crippen LogP contribution in [0.1, 0.15) is 5.56 Å². The van der Waals surface area contributed by atoms with E-state index < -0.39 is 22.0 Å². The van der Waals surface area contributed by atoms with Crippen molar-refractivity contribution < 1.29 is 17.9 Å². The Hall–Kier alpha value is -2.06. The maximum Gasteiger partial charge on any atom is 0.267 e. The van der Waals surface area contributed by atoms with Gasteiger partial charge in [-0.3, -0.25) is 9.10 Å². The van der Waals surface area contributed by atoms with Crippen LogP contribution in [0.2, 0.25) is 0 Å². The van der Waals surface area contributed by atoms with Gasteiger partial charge in [-0.15, -0.1) is 0 Å². The zero-order chi connectivity index (χ0) is 18.2. The molecule has 0 radical (unpaired) electrons. The normalized spacial score (nSPS) is 16.8. The summed E-state index contributed by atoms with van der Waals surface area (Å²) in [5.41, 5.74) is 1.97. The van der Waals surface area contributed by atoms with E-state index in [2.05, 4.69) is 21.2 Å². The Kier molecular flexibility index (Phi) is 4.75. The number of rotatable bonds is 3. The Morgan fingerprint density at radius 2 is 1.92 bits per heavy atom. The van der Waals surface area contributed by atoms with Crippen molar-refractivity contribution >= 4 is 43.2 Å². The molecule has 0 aliphatic carbocycles. The van der Waals surface area contributed by atoms with Gasteiger partial charge in [0.25, 0.3) is 5.91 Å². The minimum atomic E-state index is -3.53. The molecule has 2 aromatic carbocycles. The van der Waals surface area contributed by atoms with Crippen LogP contribution in [-0.2, 0) is 14.8 Å². The van der Waals surface area contributed by atoms with Gasteiger partial charge in [-0.05, 0) is 48.9 Å². The monoisotopic (exact) mass is 424 g/mol. The third-order valence-electron chi connectivity index (χ3n) is 3.79. The van der Waals surface area contributed by atoms with Crippen molar-refractivity contribution in [2.45, 2.75) is 13.0 Å². The summed E-state index contributed by atoms with van der Waals surface area (Å²) in [5, 5.41) is 2.75. The largest absolute Gasteiger partial charge is 0.476 e. The third-order valence-corrected chi connectivity index (χ3v) is 5.46. The van der Waals surface area contributed by atoms with E-state index >= 15 is 0 Å². The van der Waals surface area contributed by atoms with Crippen molar-refractivity contribution in [3.63, 3.8) is 0 Å². The molecule has 1 aliphatic rings. The Labute approximate surface area is 155 Å². The summed E-state index contributed by atoms with van der Waals surface area (Å²) in [6.07, 6.45) is 0.183. The number of anilines is 2. The van der Waals surface area contributed by atoms with E-state index in [9.17, 15) is 13.2 Å². The molecule has 0 bridgehead atoms. The van der Waals surface area contributed by atoms with Crippen LogP contribution in [0, 0.1) is 6.92 Å². The smallest absolute Gasteiger partial charge is 0.267 e. The van der Waals surface area contributed by atoms with Crippen molar-refractivity contribution in [1.29, 1.82) is 0 Å². The molecule has 1 heterocycles. The summed E-state index contributed by atoms with van der Waals surface area (Å²) in [6, 6.07) is 12.3. The molecule has 1 aliphatic heterocycles. The second-order valence-corrected chi connectivity index (χ2v) is 8.69. The number of sulfonamides is 1. The number of hydrogen-bond acceptors (Lipinski definition) is 4. The van der Waals surface area contributed by atoms with Gasteiger partial charge in [0.05, 0.1) is 18.5 Å². The first-order chi connectivity index (χ1) is 11.7. The summed E-state index contributed by atoms with van der Waals surface area (Å²) in [4.78, 5) is 12.5. The lowest BCUT2D eigenvalue weighted by atomic mass is 10.1. The number of benzene rings is 2. The van der Waals surface area contributed by atoms with E-state index in [4.69, 9.17) is 4.74 Å². The van der Waals surface area contributed by atoms with Crippen molar-refractivity contribution in [3.05, 3.63) is 52.5 Å². The molecule has 0 spiro atoms. The van der Waals surface area contributed by atoms with E-state index in [1.807, 2.05) is 13.0 Å². The minimum Gasteiger partial charge on any atom is -0.476 e. The van der Waals surface area contributed by atoms with E-state index in [1.165, 1.54) is 4.31 Å². The minimum absolute atomic E-state index is 0.0718. The van der Waals surface area contributed by atoms with Crippen LogP contribution in [0.25, 0.3) is 0 Å². The lowest BCUT2D eigenvalue weighted by molar-refractivity contribution is -0.122. The SMILES string of the molecule is Cc1ccc2c(c1)N(S(C)(=O)=O)C[C@@H](C(=O)Nc1ccc(Br)cc1)O2. The number of hydrogen-bond donors (Lipinski definition) is 1. The van der Waals surface area contributed by atoms with Crippen molar-refractivity contribution in [1.82, 2.24) is 0 Å². The Balaban J connectivity index is 1.87. The maximum absolute atomic E-state index is 12.5. The van der Waals surface area contributed by atoms with Crippen molar-refractivity contribution in [2.24, 2.45) is 0 Å². The molecule has 8 heteroatoms. The predicted octanol–water partition coefficient (Wildman–Crippen LogP) is 2.92. The molecule has 0 saturated heterocycles. The second-order valence-electron chi connectivity index (χ2n) is 5.87. The molecule has 132 valence electrons. The van der Waals surface area contributed by atoms with Gasteiger partial charge in [0.15, 0.2) is 6.10 Å². The summed E-state index contributed by atoms with van der Waals surface area (Å²) in [6.45, 7) is 1.80. The van der Waals surface area contributed by atoms with Crippen LogP contribution in [0.5, 0.6) is 5.75 Å². The lowest BCUT2D eigenvalue weighted by Gasteiger charge is -2.34. The molecule has 0 saturated carbocycles. The molecule has 0 fully saturated rings. The molecular formula is C17H17BrN2O4S. The number of fused-ring (bicyclic) bond motifs is 1. The maximum atomic E-state index is 12.5. The molecule has 25 heavy (non-hydrogen) atoms. The summed E-state index contributed by atoms with van der Waals surface area (Å²) in [5.74, 6) is -0.0274. The Bertz CT molecular complexity index is 913. The fourth-order valence-corrected chi connectivity index (χ4v) is 3.74. The fraction of sp³-hybridized carbons (Fsp3) is 0.235. The number of amides is 1. The van der Waals surface area contributed by atoms with Gasteiger partial charge in [0, 0.05) is 10.2 Å². The first-order valence-corrected chi connectivity index (χ1v) is 10.2. The summed E-state index contributed by atoms with van der Waals surface area (Å²) >= 11 is 3.33. The van der Waals surface area contributed by atoms with E-state index in [1.54, 1.807) is 36.4 Å². The average molecular weight is 425 g/mol. The van der Waals surface area contributed by atoms with Gasteiger partial charge in [-0.1, -0.05) is 22.0 Å². The zero-order valence-electron chi connectivity index (χ0n) is 13.7. The van der Waals surface area contributed by atoms with Crippen LogP contribution in [-0.4, -0.2) is 33.2 Å². The summed E-state index contributed by atoms with van der Waals surface area (Å²) in [7, 11) is -3.53. The van der Waals surface area contributed by atoms with Gasteiger partial charge in [0.1, 0.15) is 5.75 Å². The van der Waals surface area contributed by atoms with Gasteiger partial charge >= 0.3 is 0 Å². The highest BCUT2D eigenvalue weighted by Crippen LogP contribution is 2.36. The van der Waals surface area contributed by atoms with E-state index in [0.29, 0.717) is 17.1 Å². The molecule has 0 unspecified atom stereocenters. The summed E-state index contributed by atoms with van der Waals surface area (Å²) < 4.78 is 32.2. The predicted molar refractivity (Wildman–Crippen MR) is 101 cm³/mol. The van der Waals surface area contributed by atoms with Gasteiger partial charge in [-0.25, -0.2) is 8.42 Å². The lowest BCUT2D eigenvalue weighted by Crippen LogP contribution is -2.48. The number of carbonyl (C=O) groups excluding carboxylic acids is 1. The fourth-order valence-electron chi connectivity index (χ4n) is 2.57. The molecule has 2 aromatic rings. The quantitative estimate of drug-likeness (QED) is 0.821. The topological polar surface area (TPSA) is 75.7 Å². The Morgan fingerprint density at radius 3 is 2.56 bits per heavy atom. The molecular weight excluding hydrogens is 408 g/mol. The van der Waals surface area contributed by atoms with Gasteiger partial charge < -0.3 is 10.1 Å². The number of aryl methyl sites for hydroxylation is 1. The second kappa shape index (κ2) is 6.68. The molecule has 1 amide bonds. The number of ether oxygens (including phenoxy) is 1. The number of nitrogens with zero attached hydrogens (tertiary/aromatic N) is 1. The average Bonchev–Trinajstić information content (AvgIpc) is 2.55. The third kappa shape index (κ3) is 3.96. The standard InChI is InChI=1S/C17H17BrN2O4S/c1-11-3-8-15-14(9-11)20(25(2,22)23)10-16(24-15)17(21)19-13-6-4-12(18)5-7-13/h3-9,16H,10H2,1-2H3,(H,19,21)/t16-/m0/s1. The number of halogens is 1. The van der Waals surface area contributed by atoms with Crippen molar-refractivity contribution in [2.75, 3.05) is 22.4 Å². The zero-order valence-corrected chi connectivity index (χ0v) is 16.1. The number of carbonyl (C=O) groups is 1. The molecule has 1 atom stereocenters. The van der Waals surface area contributed by atoms with E-state index in [-0.39, 0.29) is 6.54 Å². The van der Waals surface area contributed by atoms with Crippen LogP contribution < -0.4 is 14.4 Å². The number of nitrogens with one attached hydrogen (secondary N) is 1. The molecule has 1 N–H and O–H groups in total.